The number of rotatable bonds is 11. The van der Waals surface area contributed by atoms with Gasteiger partial charge in [-0.25, -0.2) is 0 Å². The summed E-state index contributed by atoms with van der Waals surface area (Å²) in [6.45, 7) is 10.5. The van der Waals surface area contributed by atoms with Crippen LogP contribution in [0, 0.1) is 0 Å². The van der Waals surface area contributed by atoms with E-state index in [-0.39, 0.29) is 11.8 Å². The van der Waals surface area contributed by atoms with E-state index >= 15 is 0 Å². The van der Waals surface area contributed by atoms with Crippen LogP contribution in [0.25, 0.3) is 0 Å². The van der Waals surface area contributed by atoms with E-state index in [0.717, 1.165) is 22.4 Å². The lowest BCUT2D eigenvalue weighted by molar-refractivity contribution is -0.141. The van der Waals surface area contributed by atoms with Crippen LogP contribution in [0.15, 0.2) is 78.9 Å². The third-order valence-electron chi connectivity index (χ3n) is 6.53. The molecule has 0 aromatic heterocycles. The Morgan fingerprint density at radius 3 is 2.13 bits per heavy atom. The summed E-state index contributed by atoms with van der Waals surface area (Å²) >= 11 is 0. The van der Waals surface area contributed by atoms with Crippen molar-refractivity contribution >= 4 is 11.8 Å². The van der Waals surface area contributed by atoms with E-state index in [1.807, 2.05) is 75.4 Å². The molecule has 1 unspecified atom stereocenters. The first-order valence-corrected chi connectivity index (χ1v) is 13.4. The second-order valence-corrected chi connectivity index (χ2v) is 11.2. The zero-order valence-electron chi connectivity index (χ0n) is 23.7. The Morgan fingerprint density at radius 2 is 1.53 bits per heavy atom. The van der Waals surface area contributed by atoms with Crippen LogP contribution in [0.3, 0.4) is 0 Å². The predicted octanol–water partition coefficient (Wildman–Crippen LogP) is 6.31. The Labute approximate surface area is 228 Å². The predicted molar refractivity (Wildman–Crippen MR) is 154 cm³/mol. The fourth-order valence-electron chi connectivity index (χ4n) is 4.44. The molecule has 2 amide bonds. The van der Waals surface area contributed by atoms with Crippen molar-refractivity contribution in [2.24, 2.45) is 0 Å². The molecule has 0 heterocycles. The summed E-state index contributed by atoms with van der Waals surface area (Å²) in [5.41, 5.74) is 3.90. The molecule has 0 spiro atoms. The molecule has 202 valence electrons. The highest BCUT2D eigenvalue weighted by Gasteiger charge is 2.32. The molecule has 1 atom stereocenters. The Bertz CT molecular complexity index is 1180. The molecule has 0 aliphatic rings. The number of methoxy groups -OCH3 is 1. The van der Waals surface area contributed by atoms with E-state index in [1.54, 1.807) is 12.0 Å². The summed E-state index contributed by atoms with van der Waals surface area (Å²) in [5.74, 6) is 0.979. The first-order valence-electron chi connectivity index (χ1n) is 13.4. The van der Waals surface area contributed by atoms with Crippen LogP contribution in [-0.2, 0) is 29.0 Å². The molecule has 38 heavy (non-hydrogen) atoms. The second-order valence-electron chi connectivity index (χ2n) is 11.2. The SMILES string of the molecule is COc1cccc(CN(C(=O)CCc2ccc(C(C)C)cc2)C(Cc2ccccc2)C(=O)NC(C)(C)C)c1. The van der Waals surface area contributed by atoms with Gasteiger partial charge in [0.2, 0.25) is 11.8 Å². The topological polar surface area (TPSA) is 58.6 Å². The molecule has 5 heteroatoms. The number of benzene rings is 3. The van der Waals surface area contributed by atoms with Crippen LogP contribution in [0.1, 0.15) is 69.2 Å². The van der Waals surface area contributed by atoms with Crippen molar-refractivity contribution in [1.82, 2.24) is 10.2 Å². The minimum Gasteiger partial charge on any atom is -0.497 e. The summed E-state index contributed by atoms with van der Waals surface area (Å²) < 4.78 is 5.42. The number of hydrogen-bond acceptors (Lipinski definition) is 3. The summed E-state index contributed by atoms with van der Waals surface area (Å²) in [5, 5.41) is 3.12. The normalized spacial score (nSPS) is 12.2. The Balaban J connectivity index is 1.92. The van der Waals surface area contributed by atoms with Crippen molar-refractivity contribution in [1.29, 1.82) is 0 Å². The highest BCUT2D eigenvalue weighted by molar-refractivity contribution is 5.88. The van der Waals surface area contributed by atoms with Gasteiger partial charge in [-0.05, 0) is 67.5 Å². The number of ether oxygens (including phenoxy) is 1. The molecule has 3 aromatic rings. The second kappa shape index (κ2) is 13.3. The van der Waals surface area contributed by atoms with E-state index in [9.17, 15) is 9.59 Å². The smallest absolute Gasteiger partial charge is 0.243 e. The monoisotopic (exact) mass is 514 g/mol. The fraction of sp³-hybridized carbons (Fsp3) is 0.394. The van der Waals surface area contributed by atoms with Crippen LogP contribution in [0.2, 0.25) is 0 Å². The minimum atomic E-state index is -0.654. The highest BCUT2D eigenvalue weighted by Crippen LogP contribution is 2.21. The van der Waals surface area contributed by atoms with Gasteiger partial charge in [0, 0.05) is 24.9 Å². The Kier molecular flexibility index (Phi) is 10.1. The number of aryl methyl sites for hydroxylation is 1. The largest absolute Gasteiger partial charge is 0.497 e. The van der Waals surface area contributed by atoms with Crippen molar-refractivity contribution < 1.29 is 14.3 Å². The zero-order valence-corrected chi connectivity index (χ0v) is 23.7. The number of nitrogens with one attached hydrogen (secondary N) is 1. The van der Waals surface area contributed by atoms with Crippen LogP contribution >= 0.6 is 0 Å². The number of carbonyl (C=O) groups excluding carboxylic acids is 2. The number of nitrogens with zero attached hydrogens (tertiary/aromatic N) is 1. The molecular weight excluding hydrogens is 472 g/mol. The van der Waals surface area contributed by atoms with Crippen LogP contribution in [-0.4, -0.2) is 35.4 Å². The molecule has 0 bridgehead atoms. The third kappa shape index (κ3) is 8.76. The number of amides is 2. The van der Waals surface area contributed by atoms with Crippen molar-refractivity contribution in [3.63, 3.8) is 0 Å². The molecule has 0 radical (unpaired) electrons. The average molecular weight is 515 g/mol. The molecule has 3 rings (SSSR count). The molecule has 3 aromatic carbocycles. The highest BCUT2D eigenvalue weighted by atomic mass is 16.5. The first-order chi connectivity index (χ1) is 18.1. The maximum Gasteiger partial charge on any atom is 0.243 e. The van der Waals surface area contributed by atoms with Gasteiger partial charge in [-0.2, -0.15) is 0 Å². The van der Waals surface area contributed by atoms with E-state index < -0.39 is 11.6 Å². The maximum atomic E-state index is 13.9. The van der Waals surface area contributed by atoms with Gasteiger partial charge >= 0.3 is 0 Å². The molecule has 1 N–H and O–H groups in total. The number of carbonyl (C=O) groups is 2. The van der Waals surface area contributed by atoms with Crippen LogP contribution < -0.4 is 10.1 Å². The maximum absolute atomic E-state index is 13.9. The van der Waals surface area contributed by atoms with E-state index in [0.29, 0.717) is 31.7 Å². The lowest BCUT2D eigenvalue weighted by Gasteiger charge is -2.34. The molecular formula is C33H42N2O3. The molecule has 0 saturated carbocycles. The molecule has 0 fully saturated rings. The molecule has 0 aliphatic carbocycles. The van der Waals surface area contributed by atoms with Gasteiger partial charge in [0.05, 0.1) is 7.11 Å². The third-order valence-corrected chi connectivity index (χ3v) is 6.53. The van der Waals surface area contributed by atoms with E-state index in [1.165, 1.54) is 5.56 Å². The van der Waals surface area contributed by atoms with Crippen LogP contribution in [0.5, 0.6) is 5.75 Å². The standard InChI is InChI=1S/C33H42N2O3/c1-24(2)28-18-15-25(16-19-28)17-20-31(36)35(23-27-13-10-14-29(21-27)38-6)30(32(37)34-33(3,4)5)22-26-11-8-7-9-12-26/h7-16,18-19,21,24,30H,17,20,22-23H2,1-6H3,(H,34,37). The van der Waals surface area contributed by atoms with Gasteiger partial charge in [-0.1, -0.05) is 80.6 Å². The van der Waals surface area contributed by atoms with Crippen molar-refractivity contribution in [2.75, 3.05) is 7.11 Å². The Hall–Kier alpha value is -3.60. The average Bonchev–Trinajstić information content (AvgIpc) is 2.89. The van der Waals surface area contributed by atoms with Gasteiger partial charge in [-0.15, -0.1) is 0 Å². The molecule has 0 saturated heterocycles. The first kappa shape index (κ1) is 29.0. The van der Waals surface area contributed by atoms with Crippen molar-refractivity contribution in [2.45, 2.75) is 77.9 Å². The Morgan fingerprint density at radius 1 is 0.868 bits per heavy atom. The van der Waals surface area contributed by atoms with Gasteiger partial charge in [0.1, 0.15) is 11.8 Å². The summed E-state index contributed by atoms with van der Waals surface area (Å²) in [6.07, 6.45) is 1.37. The van der Waals surface area contributed by atoms with Gasteiger partial charge in [0.15, 0.2) is 0 Å². The lowest BCUT2D eigenvalue weighted by Crippen LogP contribution is -2.54. The number of hydrogen-bond donors (Lipinski definition) is 1. The van der Waals surface area contributed by atoms with Gasteiger partial charge in [-0.3, -0.25) is 9.59 Å². The van der Waals surface area contributed by atoms with E-state index in [2.05, 4.69) is 43.4 Å². The summed E-state index contributed by atoms with van der Waals surface area (Å²) in [4.78, 5) is 29.3. The van der Waals surface area contributed by atoms with Gasteiger partial charge < -0.3 is 15.0 Å². The molecule has 0 aliphatic heterocycles. The summed E-state index contributed by atoms with van der Waals surface area (Å²) in [6, 6.07) is 25.4. The van der Waals surface area contributed by atoms with Gasteiger partial charge in [0.25, 0.3) is 0 Å². The molecule has 5 nitrogen and oxygen atoms in total. The quantitative estimate of drug-likeness (QED) is 0.326. The minimum absolute atomic E-state index is 0.0502. The van der Waals surface area contributed by atoms with Crippen LogP contribution in [0.4, 0.5) is 0 Å². The van der Waals surface area contributed by atoms with Crippen molar-refractivity contribution in [3.8, 4) is 5.75 Å². The zero-order chi connectivity index (χ0) is 27.7. The van der Waals surface area contributed by atoms with E-state index in [4.69, 9.17) is 4.74 Å². The lowest BCUT2D eigenvalue weighted by atomic mass is 9.98. The van der Waals surface area contributed by atoms with Crippen molar-refractivity contribution in [3.05, 3.63) is 101 Å². The fourth-order valence-corrected chi connectivity index (χ4v) is 4.44. The summed E-state index contributed by atoms with van der Waals surface area (Å²) in [7, 11) is 1.63.